The highest BCUT2D eigenvalue weighted by Gasteiger charge is 2.20. The van der Waals surface area contributed by atoms with Gasteiger partial charge in [-0.1, -0.05) is 0 Å². The van der Waals surface area contributed by atoms with E-state index in [4.69, 9.17) is 9.15 Å². The maximum atomic E-state index is 12.9. The van der Waals surface area contributed by atoms with Crippen LogP contribution in [0.3, 0.4) is 0 Å². The molecule has 0 fully saturated rings. The summed E-state index contributed by atoms with van der Waals surface area (Å²) in [5, 5.41) is 21.6. The molecule has 0 radical (unpaired) electrons. The average Bonchev–Trinajstić information content (AvgIpc) is 2.99. The van der Waals surface area contributed by atoms with Gasteiger partial charge in [-0.05, 0) is 18.2 Å². The first-order chi connectivity index (χ1) is 11.0. The molecule has 6 heteroatoms. The molecular formula is C17H13NO5. The van der Waals surface area contributed by atoms with Gasteiger partial charge in [-0.2, -0.15) is 0 Å². The minimum Gasteiger partial charge on any atom is -0.507 e. The number of phenols is 2. The van der Waals surface area contributed by atoms with Crippen LogP contribution in [0, 0.1) is 0 Å². The SMILES string of the molecule is COc1c(O)ccc2c(=O)c3c(O)cc4occc4c3n(C)c12. The number of ether oxygens (including phenoxy) is 1. The van der Waals surface area contributed by atoms with Gasteiger partial charge in [0, 0.05) is 18.5 Å². The van der Waals surface area contributed by atoms with Gasteiger partial charge in [-0.3, -0.25) is 4.79 Å². The Bertz CT molecular complexity index is 1150. The van der Waals surface area contributed by atoms with Crippen molar-refractivity contribution in [1.29, 1.82) is 0 Å². The Morgan fingerprint density at radius 2 is 1.87 bits per heavy atom. The van der Waals surface area contributed by atoms with Crippen molar-refractivity contribution < 1.29 is 19.4 Å². The van der Waals surface area contributed by atoms with E-state index in [1.165, 1.54) is 31.6 Å². The number of nitrogens with zero attached hydrogens (tertiary/aromatic N) is 1. The normalized spacial score (nSPS) is 11.6. The number of fused-ring (bicyclic) bond motifs is 4. The monoisotopic (exact) mass is 311 g/mol. The zero-order valence-electron chi connectivity index (χ0n) is 12.5. The van der Waals surface area contributed by atoms with Crippen molar-refractivity contribution >= 4 is 32.8 Å². The molecule has 4 aromatic rings. The standard InChI is InChI=1S/C17H13NO5/c1-18-14-8-5-6-23-12(8)7-11(20)13(14)16(21)9-3-4-10(19)17(22-2)15(9)18/h3-7,19-20H,1-2H3. The third-order valence-electron chi connectivity index (χ3n) is 4.17. The van der Waals surface area contributed by atoms with Crippen LogP contribution in [0.15, 0.2) is 39.7 Å². The van der Waals surface area contributed by atoms with Crippen LogP contribution in [0.25, 0.3) is 32.8 Å². The van der Waals surface area contributed by atoms with Crippen LogP contribution in [0.2, 0.25) is 0 Å². The van der Waals surface area contributed by atoms with E-state index >= 15 is 0 Å². The minimum atomic E-state index is -0.327. The van der Waals surface area contributed by atoms with E-state index in [-0.39, 0.29) is 28.1 Å². The topological polar surface area (TPSA) is 84.8 Å². The van der Waals surface area contributed by atoms with Crippen LogP contribution in [0.1, 0.15) is 0 Å². The molecule has 0 atom stereocenters. The third-order valence-corrected chi connectivity index (χ3v) is 4.17. The van der Waals surface area contributed by atoms with Gasteiger partial charge in [0.15, 0.2) is 11.5 Å². The number of hydrogen-bond donors (Lipinski definition) is 2. The Balaban J connectivity index is 2.43. The lowest BCUT2D eigenvalue weighted by atomic mass is 10.1. The Morgan fingerprint density at radius 1 is 1.09 bits per heavy atom. The second-order valence-corrected chi connectivity index (χ2v) is 5.35. The number of hydrogen-bond acceptors (Lipinski definition) is 5. The summed E-state index contributed by atoms with van der Waals surface area (Å²) in [6.45, 7) is 0. The average molecular weight is 311 g/mol. The van der Waals surface area contributed by atoms with Crippen molar-refractivity contribution in [1.82, 2.24) is 4.57 Å². The van der Waals surface area contributed by atoms with Gasteiger partial charge in [-0.25, -0.2) is 0 Å². The van der Waals surface area contributed by atoms with Gasteiger partial charge in [0.05, 0.1) is 35.2 Å². The van der Waals surface area contributed by atoms with Crippen molar-refractivity contribution in [2.75, 3.05) is 7.11 Å². The molecule has 2 aromatic heterocycles. The van der Waals surface area contributed by atoms with Crippen LogP contribution >= 0.6 is 0 Å². The van der Waals surface area contributed by atoms with E-state index < -0.39 is 0 Å². The maximum Gasteiger partial charge on any atom is 0.201 e. The predicted molar refractivity (Wildman–Crippen MR) is 86.3 cm³/mol. The first kappa shape index (κ1) is 13.5. The summed E-state index contributed by atoms with van der Waals surface area (Å²) in [7, 11) is 3.18. The van der Waals surface area contributed by atoms with E-state index in [1.54, 1.807) is 17.7 Å². The summed E-state index contributed by atoms with van der Waals surface area (Å²) < 4.78 is 12.3. The first-order valence-electron chi connectivity index (χ1n) is 6.96. The van der Waals surface area contributed by atoms with Crippen LogP contribution in [0.5, 0.6) is 17.2 Å². The molecule has 0 aliphatic heterocycles. The predicted octanol–water partition coefficient (Wildman–Crippen LogP) is 2.86. The van der Waals surface area contributed by atoms with Gasteiger partial charge in [-0.15, -0.1) is 0 Å². The molecule has 0 amide bonds. The fourth-order valence-electron chi connectivity index (χ4n) is 3.18. The van der Waals surface area contributed by atoms with E-state index in [0.717, 1.165) is 0 Å². The Kier molecular flexibility index (Phi) is 2.60. The molecule has 2 N–H and O–H groups in total. The lowest BCUT2D eigenvalue weighted by molar-refractivity contribution is 0.376. The molecule has 0 bridgehead atoms. The van der Waals surface area contributed by atoms with Crippen LogP contribution in [0.4, 0.5) is 0 Å². The van der Waals surface area contributed by atoms with E-state index in [9.17, 15) is 15.0 Å². The molecule has 2 aromatic carbocycles. The zero-order valence-corrected chi connectivity index (χ0v) is 12.5. The molecule has 0 saturated heterocycles. The maximum absolute atomic E-state index is 12.9. The molecule has 23 heavy (non-hydrogen) atoms. The Morgan fingerprint density at radius 3 is 2.61 bits per heavy atom. The summed E-state index contributed by atoms with van der Waals surface area (Å²) in [5.74, 6) is 0.0129. The van der Waals surface area contributed by atoms with Crippen molar-refractivity contribution in [2.24, 2.45) is 7.05 Å². The summed E-state index contributed by atoms with van der Waals surface area (Å²) >= 11 is 0. The molecule has 6 nitrogen and oxygen atoms in total. The number of pyridine rings is 1. The summed E-state index contributed by atoms with van der Waals surface area (Å²) in [4.78, 5) is 12.9. The minimum absolute atomic E-state index is 0.0575. The lowest BCUT2D eigenvalue weighted by Crippen LogP contribution is -2.10. The highest BCUT2D eigenvalue weighted by molar-refractivity contribution is 6.11. The quantitative estimate of drug-likeness (QED) is 0.528. The largest absolute Gasteiger partial charge is 0.507 e. The molecule has 0 aliphatic rings. The fourth-order valence-corrected chi connectivity index (χ4v) is 3.18. The number of aryl methyl sites for hydroxylation is 1. The first-order valence-corrected chi connectivity index (χ1v) is 6.96. The fraction of sp³-hybridized carbons (Fsp3) is 0.118. The lowest BCUT2D eigenvalue weighted by Gasteiger charge is -2.15. The number of aromatic hydroxyl groups is 2. The van der Waals surface area contributed by atoms with Crippen LogP contribution in [-0.2, 0) is 7.05 Å². The molecule has 2 heterocycles. The van der Waals surface area contributed by atoms with E-state index in [2.05, 4.69) is 0 Å². The van der Waals surface area contributed by atoms with E-state index in [1.807, 2.05) is 0 Å². The van der Waals surface area contributed by atoms with Gasteiger partial charge < -0.3 is 23.9 Å². The molecule has 0 aliphatic carbocycles. The van der Waals surface area contributed by atoms with Gasteiger partial charge in [0.2, 0.25) is 5.43 Å². The molecule has 0 spiro atoms. The molecular weight excluding hydrogens is 298 g/mol. The molecule has 0 unspecified atom stereocenters. The second kappa shape index (κ2) is 4.42. The molecule has 4 rings (SSSR count). The van der Waals surface area contributed by atoms with E-state index in [0.29, 0.717) is 27.4 Å². The van der Waals surface area contributed by atoms with Crippen LogP contribution < -0.4 is 10.2 Å². The second-order valence-electron chi connectivity index (χ2n) is 5.35. The third kappa shape index (κ3) is 1.60. The van der Waals surface area contributed by atoms with Crippen LogP contribution in [-0.4, -0.2) is 21.9 Å². The van der Waals surface area contributed by atoms with Gasteiger partial charge in [0.25, 0.3) is 0 Å². The molecule has 0 saturated carbocycles. The van der Waals surface area contributed by atoms with Crippen molar-refractivity contribution in [2.45, 2.75) is 0 Å². The Hall–Kier alpha value is -3.15. The number of furan rings is 1. The number of phenolic OH excluding ortho intramolecular Hbond substituents is 2. The Labute approximate surface area is 129 Å². The highest BCUT2D eigenvalue weighted by atomic mass is 16.5. The zero-order chi connectivity index (χ0) is 16.3. The van der Waals surface area contributed by atoms with Gasteiger partial charge in [0.1, 0.15) is 11.3 Å². The van der Waals surface area contributed by atoms with Crippen molar-refractivity contribution in [3.8, 4) is 17.2 Å². The number of aromatic nitrogens is 1. The highest BCUT2D eigenvalue weighted by Crippen LogP contribution is 2.38. The molecule has 116 valence electrons. The number of methoxy groups -OCH3 is 1. The number of benzene rings is 2. The summed E-state index contributed by atoms with van der Waals surface area (Å²) in [6.07, 6.45) is 1.50. The van der Waals surface area contributed by atoms with Crippen molar-refractivity contribution in [3.05, 3.63) is 40.8 Å². The smallest absolute Gasteiger partial charge is 0.201 e. The van der Waals surface area contributed by atoms with Crippen molar-refractivity contribution in [3.63, 3.8) is 0 Å². The van der Waals surface area contributed by atoms with Gasteiger partial charge >= 0.3 is 0 Å². The summed E-state index contributed by atoms with van der Waals surface area (Å²) in [5.41, 5.74) is 1.13. The number of rotatable bonds is 1. The summed E-state index contributed by atoms with van der Waals surface area (Å²) in [6, 6.07) is 6.09.